The van der Waals surface area contributed by atoms with Crippen LogP contribution in [0.25, 0.3) is 0 Å². The quantitative estimate of drug-likeness (QED) is 0.276. The summed E-state index contributed by atoms with van der Waals surface area (Å²) in [7, 11) is 0.363. The second kappa shape index (κ2) is 9.67. The molecule has 94 valence electrons. The Bertz CT molecular complexity index is 193. The van der Waals surface area contributed by atoms with Gasteiger partial charge in [-0.05, 0) is 6.42 Å². The minimum absolute atomic E-state index is 0.178. The number of hydrogen-bond donors (Lipinski definition) is 3. The predicted octanol–water partition coefficient (Wildman–Crippen LogP) is 3.10. The van der Waals surface area contributed by atoms with Gasteiger partial charge >= 0.3 is 0 Å². The number of unbranched alkanes of at least 4 members (excludes halogenated alkanes) is 2. The third-order valence-corrected chi connectivity index (χ3v) is 5.92. The molecule has 0 bridgehead atoms. The first-order chi connectivity index (χ1) is 7.86. The first kappa shape index (κ1) is 14.7. The summed E-state index contributed by atoms with van der Waals surface area (Å²) in [4.78, 5) is 9.66. The van der Waals surface area contributed by atoms with Crippen LogP contribution in [0.5, 0.6) is 0 Å². The first-order valence-electron chi connectivity index (χ1n) is 5.36. The molecule has 1 aliphatic rings. The lowest BCUT2D eigenvalue weighted by Gasteiger charge is -2.27. The number of nitrogens with one attached hydrogen (secondary N) is 3. The first-order valence-corrected chi connectivity index (χ1v) is 8.62. The van der Waals surface area contributed by atoms with Crippen LogP contribution in [-0.2, 0) is 9.26 Å². The maximum absolute atomic E-state index is 5.80. The molecule has 0 saturated carbocycles. The standard InChI is InChI=1S/C8H20N3O2P3/c1-3-5-6-7-8(12-4-2)13-16-10-14-9-15-11-16/h4,8-11,14-15H,2-3,5-7H2,1H3. The molecule has 0 radical (unpaired) electrons. The lowest BCUT2D eigenvalue weighted by molar-refractivity contribution is -0.0292. The summed E-state index contributed by atoms with van der Waals surface area (Å²) in [5.41, 5.74) is 0. The van der Waals surface area contributed by atoms with Gasteiger partial charge in [-0.2, -0.15) is 0 Å². The van der Waals surface area contributed by atoms with Gasteiger partial charge in [0, 0.05) is 24.2 Å². The van der Waals surface area contributed by atoms with Crippen molar-refractivity contribution in [3.8, 4) is 0 Å². The molecule has 3 atom stereocenters. The van der Waals surface area contributed by atoms with Crippen molar-refractivity contribution in [1.29, 1.82) is 0 Å². The van der Waals surface area contributed by atoms with Crippen molar-refractivity contribution in [3.63, 3.8) is 0 Å². The predicted molar refractivity (Wildman–Crippen MR) is 73.3 cm³/mol. The van der Waals surface area contributed by atoms with E-state index in [0.29, 0.717) is 17.8 Å². The molecule has 3 unspecified atom stereocenters. The van der Waals surface area contributed by atoms with Gasteiger partial charge in [0.15, 0.2) is 8.45 Å². The molecule has 0 spiro atoms. The largest absolute Gasteiger partial charge is 0.473 e. The van der Waals surface area contributed by atoms with E-state index in [2.05, 4.69) is 28.1 Å². The highest BCUT2D eigenvalue weighted by Crippen LogP contribution is 2.41. The number of ether oxygens (including phenoxy) is 1. The molecule has 0 aromatic carbocycles. The molecule has 1 saturated heterocycles. The zero-order valence-corrected chi connectivity index (χ0v) is 12.3. The van der Waals surface area contributed by atoms with Crippen LogP contribution in [0.15, 0.2) is 12.8 Å². The molecule has 8 heteroatoms. The van der Waals surface area contributed by atoms with E-state index >= 15 is 0 Å². The molecule has 1 fully saturated rings. The Morgan fingerprint density at radius 2 is 2.12 bits per heavy atom. The number of rotatable bonds is 8. The van der Waals surface area contributed by atoms with Gasteiger partial charge in [0.25, 0.3) is 0 Å². The van der Waals surface area contributed by atoms with Crippen LogP contribution in [0.2, 0.25) is 0 Å². The third kappa shape index (κ3) is 6.42. The van der Waals surface area contributed by atoms with Crippen molar-refractivity contribution in [1.82, 2.24) is 14.6 Å². The van der Waals surface area contributed by atoms with Crippen LogP contribution in [-0.4, -0.2) is 6.29 Å². The summed E-state index contributed by atoms with van der Waals surface area (Å²) in [5, 5.41) is 0. The van der Waals surface area contributed by atoms with Gasteiger partial charge in [0.2, 0.25) is 6.29 Å². The Labute approximate surface area is 102 Å². The lowest BCUT2D eigenvalue weighted by atomic mass is 10.2. The van der Waals surface area contributed by atoms with Crippen molar-refractivity contribution in [2.75, 3.05) is 0 Å². The molecule has 0 aromatic heterocycles. The highest BCUT2D eigenvalue weighted by atomic mass is 31.2. The monoisotopic (exact) mass is 283 g/mol. The van der Waals surface area contributed by atoms with E-state index in [9.17, 15) is 0 Å². The normalized spacial score (nSPS) is 25.7. The Kier molecular flexibility index (Phi) is 8.91. The minimum atomic E-state index is -0.754. The van der Waals surface area contributed by atoms with Crippen LogP contribution in [0.3, 0.4) is 0 Å². The summed E-state index contributed by atoms with van der Waals surface area (Å²) in [6.07, 6.45) is 5.74. The zero-order valence-electron chi connectivity index (χ0n) is 9.45. The average Bonchev–Trinajstić information content (AvgIpc) is 2.31. The van der Waals surface area contributed by atoms with Crippen LogP contribution in [0.4, 0.5) is 0 Å². The molecule has 5 nitrogen and oxygen atoms in total. The Hall–Kier alpha value is 0.670. The van der Waals surface area contributed by atoms with E-state index in [-0.39, 0.29) is 6.29 Å². The fraction of sp³-hybridized carbons (Fsp3) is 0.750. The molecule has 3 N–H and O–H groups in total. The summed E-state index contributed by atoms with van der Waals surface area (Å²) in [6, 6.07) is 0. The highest BCUT2D eigenvalue weighted by molar-refractivity contribution is 7.71. The highest BCUT2D eigenvalue weighted by Gasteiger charge is 2.19. The fourth-order valence-electron chi connectivity index (χ4n) is 1.20. The second-order valence-corrected chi connectivity index (χ2v) is 7.31. The Morgan fingerprint density at radius 3 is 2.75 bits per heavy atom. The van der Waals surface area contributed by atoms with Gasteiger partial charge in [-0.25, -0.2) is 9.72 Å². The topological polar surface area (TPSA) is 54.6 Å². The van der Waals surface area contributed by atoms with E-state index in [4.69, 9.17) is 9.26 Å². The molecule has 0 amide bonds. The van der Waals surface area contributed by atoms with Gasteiger partial charge in [0.05, 0.1) is 6.26 Å². The van der Waals surface area contributed by atoms with Gasteiger partial charge in [0.1, 0.15) is 0 Å². The molecule has 1 aliphatic heterocycles. The molecule has 0 aliphatic carbocycles. The van der Waals surface area contributed by atoms with Crippen LogP contribution >= 0.6 is 26.2 Å². The zero-order chi connectivity index (χ0) is 11.6. The van der Waals surface area contributed by atoms with Gasteiger partial charge in [-0.15, -0.1) is 0 Å². The van der Waals surface area contributed by atoms with Gasteiger partial charge in [-0.3, -0.25) is 9.38 Å². The second-order valence-electron chi connectivity index (χ2n) is 3.23. The molecular weight excluding hydrogens is 263 g/mol. The Morgan fingerprint density at radius 1 is 1.38 bits per heavy atom. The summed E-state index contributed by atoms with van der Waals surface area (Å²) in [6.45, 7) is 5.76. The molecular formula is C8H20N3O2P3. The van der Waals surface area contributed by atoms with Crippen molar-refractivity contribution < 1.29 is 9.26 Å². The van der Waals surface area contributed by atoms with Crippen molar-refractivity contribution >= 4 is 26.2 Å². The number of hydrogen-bond acceptors (Lipinski definition) is 5. The van der Waals surface area contributed by atoms with Crippen LogP contribution < -0.4 is 14.6 Å². The lowest BCUT2D eigenvalue weighted by Crippen LogP contribution is -2.22. The SMILES string of the molecule is C=COC(CCCCC)OP1NPNPN1. The fourth-order valence-corrected chi connectivity index (χ4v) is 5.26. The summed E-state index contributed by atoms with van der Waals surface area (Å²) >= 11 is 0. The minimum Gasteiger partial charge on any atom is -0.473 e. The molecule has 0 aromatic rings. The van der Waals surface area contributed by atoms with E-state index in [1.54, 1.807) is 0 Å². The van der Waals surface area contributed by atoms with Crippen molar-refractivity contribution in [3.05, 3.63) is 12.8 Å². The molecule has 1 heterocycles. The third-order valence-electron chi connectivity index (χ3n) is 1.95. The van der Waals surface area contributed by atoms with E-state index in [1.807, 2.05) is 0 Å². The van der Waals surface area contributed by atoms with Crippen LogP contribution in [0, 0.1) is 0 Å². The van der Waals surface area contributed by atoms with Crippen LogP contribution in [0.1, 0.15) is 32.6 Å². The van der Waals surface area contributed by atoms with Crippen molar-refractivity contribution in [2.24, 2.45) is 0 Å². The maximum Gasteiger partial charge on any atom is 0.205 e. The molecule has 16 heavy (non-hydrogen) atoms. The summed E-state index contributed by atoms with van der Waals surface area (Å²) in [5.74, 6) is 0. The van der Waals surface area contributed by atoms with E-state index in [0.717, 1.165) is 12.8 Å². The smallest absolute Gasteiger partial charge is 0.205 e. The van der Waals surface area contributed by atoms with E-state index in [1.165, 1.54) is 19.1 Å². The van der Waals surface area contributed by atoms with Gasteiger partial charge < -0.3 is 4.74 Å². The van der Waals surface area contributed by atoms with E-state index < -0.39 is 8.45 Å². The Balaban J connectivity index is 2.22. The average molecular weight is 283 g/mol. The maximum atomic E-state index is 5.80. The van der Waals surface area contributed by atoms with Crippen molar-refractivity contribution in [2.45, 2.75) is 38.9 Å². The molecule has 1 rings (SSSR count). The van der Waals surface area contributed by atoms with Gasteiger partial charge in [-0.1, -0.05) is 26.3 Å². The summed E-state index contributed by atoms with van der Waals surface area (Å²) < 4.78 is 11.2.